The van der Waals surface area contributed by atoms with Crippen LogP contribution >= 0.6 is 0 Å². The molecule has 0 atom stereocenters. The van der Waals surface area contributed by atoms with Crippen molar-refractivity contribution in [1.29, 1.82) is 0 Å². The predicted octanol–water partition coefficient (Wildman–Crippen LogP) is 3.40. The Hall–Kier alpha value is -3.08. The number of aromatic carboxylic acids is 1. The summed E-state index contributed by atoms with van der Waals surface area (Å²) in [5.74, 6) is -1.54. The molecule has 2 rings (SSSR count). The fourth-order valence-corrected chi connectivity index (χ4v) is 1.87. The van der Waals surface area contributed by atoms with Gasteiger partial charge in [-0.25, -0.2) is 9.59 Å². The fraction of sp³-hybridized carbons (Fsp3) is 0.111. The van der Waals surface area contributed by atoms with Crippen LogP contribution in [0, 0.1) is 0 Å². The maximum Gasteiger partial charge on any atom is 0.338 e. The molecule has 0 amide bonds. The first-order valence-electron chi connectivity index (χ1n) is 6.91. The zero-order valence-corrected chi connectivity index (χ0v) is 12.4. The lowest BCUT2D eigenvalue weighted by Crippen LogP contribution is -2.06. The lowest BCUT2D eigenvalue weighted by atomic mass is 10.1. The average Bonchev–Trinajstić information content (AvgIpc) is 2.58. The monoisotopic (exact) mass is 312 g/mol. The number of carbonyl (C=O) groups excluding carboxylic acids is 1. The molecule has 0 bridgehead atoms. The topological polar surface area (TPSA) is 72.8 Å². The van der Waals surface area contributed by atoms with E-state index in [1.165, 1.54) is 30.5 Å². The van der Waals surface area contributed by atoms with E-state index in [1.807, 2.05) is 24.3 Å². The molecule has 0 aliphatic carbocycles. The standard InChI is InChI=1S/C18H16O5/c1-2-22-11-13-3-5-14(6-4-13)12-23-18(21)16-9-7-15(8-10-16)17(19)20/h2-10H,1,11-12H2,(H,19,20). The summed E-state index contributed by atoms with van der Waals surface area (Å²) in [6, 6.07) is 13.1. The number of hydrogen-bond acceptors (Lipinski definition) is 4. The number of carboxylic acids is 1. The molecular formula is C18H16O5. The van der Waals surface area contributed by atoms with Gasteiger partial charge in [0.25, 0.3) is 0 Å². The van der Waals surface area contributed by atoms with Crippen molar-refractivity contribution >= 4 is 11.9 Å². The van der Waals surface area contributed by atoms with Crippen LogP contribution in [0.3, 0.4) is 0 Å². The summed E-state index contributed by atoms with van der Waals surface area (Å²) in [5.41, 5.74) is 2.27. The molecule has 0 radical (unpaired) electrons. The molecule has 0 aliphatic heterocycles. The SMILES string of the molecule is C=COCc1ccc(COC(=O)c2ccc(C(=O)O)cc2)cc1. The van der Waals surface area contributed by atoms with Gasteiger partial charge in [0, 0.05) is 0 Å². The molecule has 0 spiro atoms. The van der Waals surface area contributed by atoms with Gasteiger partial charge in [0.1, 0.15) is 13.2 Å². The van der Waals surface area contributed by atoms with Crippen LogP contribution in [0.15, 0.2) is 61.4 Å². The Labute approximate surface area is 133 Å². The van der Waals surface area contributed by atoms with Gasteiger partial charge >= 0.3 is 11.9 Å². The summed E-state index contributed by atoms with van der Waals surface area (Å²) in [7, 11) is 0. The van der Waals surface area contributed by atoms with Crippen molar-refractivity contribution in [2.75, 3.05) is 0 Å². The van der Waals surface area contributed by atoms with E-state index in [9.17, 15) is 9.59 Å². The number of esters is 1. The van der Waals surface area contributed by atoms with Gasteiger partial charge < -0.3 is 14.6 Å². The molecule has 0 saturated carbocycles. The lowest BCUT2D eigenvalue weighted by Gasteiger charge is -2.06. The molecule has 118 valence electrons. The maximum absolute atomic E-state index is 11.9. The van der Waals surface area contributed by atoms with Gasteiger partial charge in [-0.2, -0.15) is 0 Å². The minimum Gasteiger partial charge on any atom is -0.497 e. The highest BCUT2D eigenvalue weighted by molar-refractivity contribution is 5.92. The smallest absolute Gasteiger partial charge is 0.338 e. The Morgan fingerprint density at radius 1 is 0.913 bits per heavy atom. The van der Waals surface area contributed by atoms with Gasteiger partial charge in [0.2, 0.25) is 0 Å². The first-order chi connectivity index (χ1) is 11.1. The number of ether oxygens (including phenoxy) is 2. The third-order valence-corrected chi connectivity index (χ3v) is 3.13. The number of benzene rings is 2. The highest BCUT2D eigenvalue weighted by Gasteiger charge is 2.09. The lowest BCUT2D eigenvalue weighted by molar-refractivity contribution is 0.0471. The molecule has 0 fully saturated rings. The van der Waals surface area contributed by atoms with Gasteiger partial charge in [-0.1, -0.05) is 30.8 Å². The highest BCUT2D eigenvalue weighted by Crippen LogP contribution is 2.10. The van der Waals surface area contributed by atoms with E-state index in [-0.39, 0.29) is 12.2 Å². The largest absolute Gasteiger partial charge is 0.497 e. The van der Waals surface area contributed by atoms with E-state index in [1.54, 1.807) is 0 Å². The Morgan fingerprint density at radius 2 is 1.43 bits per heavy atom. The van der Waals surface area contributed by atoms with Gasteiger partial charge in [0.15, 0.2) is 0 Å². The van der Waals surface area contributed by atoms with Crippen LogP contribution in [-0.4, -0.2) is 17.0 Å². The second-order valence-corrected chi connectivity index (χ2v) is 4.75. The minimum absolute atomic E-state index is 0.124. The van der Waals surface area contributed by atoms with Crippen LogP contribution in [-0.2, 0) is 22.7 Å². The van der Waals surface area contributed by atoms with Gasteiger partial charge in [-0.15, -0.1) is 0 Å². The molecule has 5 heteroatoms. The maximum atomic E-state index is 11.9. The van der Waals surface area contributed by atoms with Crippen molar-refractivity contribution < 1.29 is 24.2 Å². The van der Waals surface area contributed by atoms with Crippen molar-refractivity contribution in [2.45, 2.75) is 13.2 Å². The fourth-order valence-electron chi connectivity index (χ4n) is 1.87. The summed E-state index contributed by atoms with van der Waals surface area (Å²) in [5, 5.41) is 8.81. The van der Waals surface area contributed by atoms with Crippen molar-refractivity contribution in [3.8, 4) is 0 Å². The molecule has 0 heterocycles. The van der Waals surface area contributed by atoms with Crippen molar-refractivity contribution in [3.05, 3.63) is 83.6 Å². The van der Waals surface area contributed by atoms with E-state index in [0.717, 1.165) is 11.1 Å². The van der Waals surface area contributed by atoms with Gasteiger partial charge in [-0.3, -0.25) is 0 Å². The van der Waals surface area contributed by atoms with E-state index in [4.69, 9.17) is 14.6 Å². The van der Waals surface area contributed by atoms with Crippen molar-refractivity contribution in [2.24, 2.45) is 0 Å². The number of carboxylic acid groups (broad SMARTS) is 1. The Balaban J connectivity index is 1.90. The van der Waals surface area contributed by atoms with Crippen LogP contribution in [0.5, 0.6) is 0 Å². The molecule has 0 aromatic heterocycles. The Morgan fingerprint density at radius 3 is 1.96 bits per heavy atom. The van der Waals surface area contributed by atoms with Crippen LogP contribution < -0.4 is 0 Å². The van der Waals surface area contributed by atoms with Gasteiger partial charge in [0.05, 0.1) is 17.4 Å². The third kappa shape index (κ3) is 4.71. The van der Waals surface area contributed by atoms with E-state index >= 15 is 0 Å². The van der Waals surface area contributed by atoms with Crippen molar-refractivity contribution in [1.82, 2.24) is 0 Å². The van der Waals surface area contributed by atoms with E-state index in [0.29, 0.717) is 12.2 Å². The first-order valence-corrected chi connectivity index (χ1v) is 6.91. The molecule has 2 aromatic carbocycles. The van der Waals surface area contributed by atoms with Crippen LogP contribution in [0.4, 0.5) is 0 Å². The summed E-state index contributed by atoms with van der Waals surface area (Å²) >= 11 is 0. The predicted molar refractivity (Wildman–Crippen MR) is 83.9 cm³/mol. The molecule has 23 heavy (non-hydrogen) atoms. The average molecular weight is 312 g/mol. The second kappa shape index (κ2) is 7.79. The van der Waals surface area contributed by atoms with Crippen molar-refractivity contribution in [3.63, 3.8) is 0 Å². The molecule has 0 unspecified atom stereocenters. The number of hydrogen-bond donors (Lipinski definition) is 1. The van der Waals surface area contributed by atoms with Gasteiger partial charge in [-0.05, 0) is 35.4 Å². The Kier molecular flexibility index (Phi) is 5.52. The van der Waals surface area contributed by atoms with Crippen LogP contribution in [0.2, 0.25) is 0 Å². The molecular weight excluding hydrogens is 296 g/mol. The summed E-state index contributed by atoms with van der Waals surface area (Å²) < 4.78 is 10.3. The molecule has 0 aliphatic rings. The van der Waals surface area contributed by atoms with Crippen LogP contribution in [0.1, 0.15) is 31.8 Å². The normalized spacial score (nSPS) is 9.91. The summed E-state index contributed by atoms with van der Waals surface area (Å²) in [6.07, 6.45) is 1.38. The quantitative estimate of drug-likeness (QED) is 0.626. The zero-order chi connectivity index (χ0) is 16.7. The third-order valence-electron chi connectivity index (χ3n) is 3.13. The molecule has 1 N–H and O–H groups in total. The summed E-state index contributed by atoms with van der Waals surface area (Å²) in [6.45, 7) is 4.06. The molecule has 0 saturated heterocycles. The first kappa shape index (κ1) is 16.3. The molecule has 2 aromatic rings. The van der Waals surface area contributed by atoms with E-state index in [2.05, 4.69) is 6.58 Å². The number of carbonyl (C=O) groups is 2. The van der Waals surface area contributed by atoms with E-state index < -0.39 is 11.9 Å². The second-order valence-electron chi connectivity index (χ2n) is 4.75. The number of rotatable bonds is 7. The summed E-state index contributed by atoms with van der Waals surface area (Å²) in [4.78, 5) is 22.7. The highest BCUT2D eigenvalue weighted by atomic mass is 16.5. The van der Waals surface area contributed by atoms with Crippen LogP contribution in [0.25, 0.3) is 0 Å². The minimum atomic E-state index is -1.04. The molecule has 5 nitrogen and oxygen atoms in total. The zero-order valence-electron chi connectivity index (χ0n) is 12.4. The Bertz CT molecular complexity index is 686.